The van der Waals surface area contributed by atoms with Crippen LogP contribution in [0.1, 0.15) is 28.8 Å². The maximum absolute atomic E-state index is 12.2. The Morgan fingerprint density at radius 2 is 1.92 bits per heavy atom. The molecule has 1 saturated carbocycles. The van der Waals surface area contributed by atoms with Crippen molar-refractivity contribution in [3.63, 3.8) is 0 Å². The highest BCUT2D eigenvalue weighted by molar-refractivity contribution is 7.89. The molecule has 1 aromatic carbocycles. The van der Waals surface area contributed by atoms with Crippen LogP contribution >= 0.6 is 0 Å². The van der Waals surface area contributed by atoms with Crippen LogP contribution in [0.15, 0.2) is 23.1 Å². The molecular formula is C15H17F3N2O5S. The van der Waals surface area contributed by atoms with Gasteiger partial charge in [-0.3, -0.25) is 4.79 Å². The third-order valence-corrected chi connectivity index (χ3v) is 4.98. The molecule has 0 heterocycles. The Kier molecular flexibility index (Phi) is 5.91. The molecule has 1 amide bonds. The van der Waals surface area contributed by atoms with Gasteiger partial charge < -0.3 is 10.1 Å². The summed E-state index contributed by atoms with van der Waals surface area (Å²) in [6, 6.07) is 3.72. The summed E-state index contributed by atoms with van der Waals surface area (Å²) in [7, 11) is -3.79. The summed E-state index contributed by atoms with van der Waals surface area (Å²) in [6.07, 6.45) is -3.09. The molecule has 1 aliphatic rings. The number of aryl methyl sites for hydroxylation is 1. The fraction of sp³-hybridized carbons (Fsp3) is 0.467. The molecule has 0 spiro atoms. The van der Waals surface area contributed by atoms with Gasteiger partial charge in [-0.2, -0.15) is 13.2 Å². The molecule has 0 atom stereocenters. The van der Waals surface area contributed by atoms with E-state index in [1.807, 2.05) is 0 Å². The Hall–Kier alpha value is -2.14. The Morgan fingerprint density at radius 1 is 1.27 bits per heavy atom. The number of nitrogens with one attached hydrogen (secondary N) is 2. The maximum Gasteiger partial charge on any atom is 0.405 e. The van der Waals surface area contributed by atoms with Gasteiger partial charge in [0.1, 0.15) is 6.54 Å². The van der Waals surface area contributed by atoms with Crippen molar-refractivity contribution in [2.45, 2.75) is 36.9 Å². The van der Waals surface area contributed by atoms with Gasteiger partial charge in [0, 0.05) is 6.04 Å². The van der Waals surface area contributed by atoms with Crippen molar-refractivity contribution >= 4 is 21.9 Å². The number of rotatable bonds is 7. The average Bonchev–Trinajstić information content (AvgIpc) is 3.33. The smallest absolute Gasteiger partial charge is 0.405 e. The van der Waals surface area contributed by atoms with Crippen molar-refractivity contribution in [3.8, 4) is 0 Å². The van der Waals surface area contributed by atoms with Gasteiger partial charge in [0.25, 0.3) is 5.91 Å². The van der Waals surface area contributed by atoms with Crippen molar-refractivity contribution in [1.82, 2.24) is 10.0 Å². The Morgan fingerprint density at radius 3 is 2.50 bits per heavy atom. The molecular weight excluding hydrogens is 377 g/mol. The third-order valence-electron chi connectivity index (χ3n) is 3.46. The molecule has 1 aliphatic carbocycles. The van der Waals surface area contributed by atoms with Gasteiger partial charge in [0.2, 0.25) is 10.0 Å². The van der Waals surface area contributed by atoms with Crippen LogP contribution in [0.2, 0.25) is 0 Å². The standard InChI is InChI=1S/C15H17F3N2O5S/c1-9-2-5-11(26(23,24)20-10-3-4-10)6-12(9)14(22)25-7-13(21)19-8-15(16,17)18/h2,5-6,10,20H,3-4,7-8H2,1H3,(H,19,21). The zero-order valence-corrected chi connectivity index (χ0v) is 14.5. The first-order chi connectivity index (χ1) is 12.0. The SMILES string of the molecule is Cc1ccc(S(=O)(=O)NC2CC2)cc1C(=O)OCC(=O)NCC(F)(F)F. The lowest BCUT2D eigenvalue weighted by Crippen LogP contribution is -2.36. The van der Waals surface area contributed by atoms with Crippen LogP contribution in [0.4, 0.5) is 13.2 Å². The second kappa shape index (κ2) is 7.62. The van der Waals surface area contributed by atoms with Crippen molar-refractivity contribution in [3.05, 3.63) is 29.3 Å². The van der Waals surface area contributed by atoms with Crippen LogP contribution in [-0.2, 0) is 19.6 Å². The van der Waals surface area contributed by atoms with E-state index in [4.69, 9.17) is 0 Å². The van der Waals surface area contributed by atoms with E-state index in [2.05, 4.69) is 9.46 Å². The van der Waals surface area contributed by atoms with Gasteiger partial charge in [0.05, 0.1) is 10.5 Å². The molecule has 1 fully saturated rings. The van der Waals surface area contributed by atoms with Gasteiger partial charge >= 0.3 is 12.1 Å². The second-order valence-electron chi connectivity index (χ2n) is 5.84. The first-order valence-electron chi connectivity index (χ1n) is 7.61. The normalized spacial score (nSPS) is 14.8. The van der Waals surface area contributed by atoms with Crippen LogP contribution in [0.3, 0.4) is 0 Å². The minimum Gasteiger partial charge on any atom is -0.452 e. The summed E-state index contributed by atoms with van der Waals surface area (Å²) in [6.45, 7) is -0.917. The molecule has 0 unspecified atom stereocenters. The van der Waals surface area contributed by atoms with E-state index in [-0.39, 0.29) is 16.5 Å². The molecule has 144 valence electrons. The zero-order valence-electron chi connectivity index (χ0n) is 13.7. The summed E-state index contributed by atoms with van der Waals surface area (Å²) in [5.74, 6) is -2.12. The molecule has 0 aromatic heterocycles. The minimum atomic E-state index is -4.58. The summed E-state index contributed by atoms with van der Waals surface area (Å²) in [5.41, 5.74) is 0.309. The molecule has 0 bridgehead atoms. The number of hydrogen-bond donors (Lipinski definition) is 2. The quantitative estimate of drug-likeness (QED) is 0.679. The zero-order chi connectivity index (χ0) is 19.5. The fourth-order valence-electron chi connectivity index (χ4n) is 1.94. The molecule has 0 aliphatic heterocycles. The number of carbonyl (C=O) groups is 2. The third kappa shape index (κ3) is 5.99. The first kappa shape index (κ1) is 20.2. The second-order valence-corrected chi connectivity index (χ2v) is 7.55. The molecule has 0 saturated heterocycles. The van der Waals surface area contributed by atoms with Gasteiger partial charge in [-0.25, -0.2) is 17.9 Å². The van der Waals surface area contributed by atoms with Gasteiger partial charge in [-0.15, -0.1) is 0 Å². The molecule has 11 heteroatoms. The maximum atomic E-state index is 12.2. The van der Waals surface area contributed by atoms with Crippen molar-refractivity contribution in [1.29, 1.82) is 0 Å². The number of halogens is 3. The number of ether oxygens (including phenoxy) is 1. The molecule has 26 heavy (non-hydrogen) atoms. The highest BCUT2D eigenvalue weighted by atomic mass is 32.2. The van der Waals surface area contributed by atoms with Gasteiger partial charge in [-0.1, -0.05) is 6.07 Å². The van der Waals surface area contributed by atoms with Crippen molar-refractivity contribution < 1.29 is 35.9 Å². The Labute approximate surface area is 148 Å². The lowest BCUT2D eigenvalue weighted by molar-refractivity contribution is -0.140. The summed E-state index contributed by atoms with van der Waals surface area (Å²) >= 11 is 0. The number of amides is 1. The van der Waals surface area contributed by atoms with E-state index in [9.17, 15) is 31.2 Å². The highest BCUT2D eigenvalue weighted by Crippen LogP contribution is 2.23. The van der Waals surface area contributed by atoms with E-state index in [0.29, 0.717) is 5.56 Å². The number of esters is 1. The predicted molar refractivity (Wildman–Crippen MR) is 83.9 cm³/mol. The van der Waals surface area contributed by atoms with Crippen LogP contribution in [0, 0.1) is 6.92 Å². The predicted octanol–water partition coefficient (Wildman–Crippen LogP) is 1.27. The van der Waals surface area contributed by atoms with E-state index < -0.39 is 41.2 Å². The number of benzene rings is 1. The number of hydrogen-bond acceptors (Lipinski definition) is 5. The van der Waals surface area contributed by atoms with Crippen molar-refractivity contribution in [2.24, 2.45) is 0 Å². The van der Waals surface area contributed by atoms with Crippen LogP contribution in [-0.4, -0.2) is 45.7 Å². The van der Waals surface area contributed by atoms with E-state index in [0.717, 1.165) is 18.9 Å². The van der Waals surface area contributed by atoms with Crippen LogP contribution in [0.5, 0.6) is 0 Å². The number of carbonyl (C=O) groups excluding carboxylic acids is 2. The van der Waals surface area contributed by atoms with Gasteiger partial charge in [-0.05, 0) is 37.5 Å². The van der Waals surface area contributed by atoms with Crippen molar-refractivity contribution in [2.75, 3.05) is 13.2 Å². The van der Waals surface area contributed by atoms with E-state index in [1.165, 1.54) is 19.1 Å². The van der Waals surface area contributed by atoms with Crippen LogP contribution in [0.25, 0.3) is 0 Å². The minimum absolute atomic E-state index is 0.0905. The molecule has 7 nitrogen and oxygen atoms in total. The molecule has 2 rings (SSSR count). The topological polar surface area (TPSA) is 102 Å². The molecule has 0 radical (unpaired) electrons. The first-order valence-corrected chi connectivity index (χ1v) is 9.10. The average molecular weight is 394 g/mol. The number of alkyl halides is 3. The monoisotopic (exact) mass is 394 g/mol. The fourth-order valence-corrected chi connectivity index (χ4v) is 3.27. The van der Waals surface area contributed by atoms with E-state index in [1.54, 1.807) is 5.32 Å². The van der Waals surface area contributed by atoms with E-state index >= 15 is 0 Å². The summed E-state index contributed by atoms with van der Waals surface area (Å²) < 4.78 is 67.5. The summed E-state index contributed by atoms with van der Waals surface area (Å²) in [5, 5.41) is 1.56. The van der Waals surface area contributed by atoms with Gasteiger partial charge in [0.15, 0.2) is 6.61 Å². The largest absolute Gasteiger partial charge is 0.452 e. The number of sulfonamides is 1. The van der Waals surface area contributed by atoms with Crippen LogP contribution < -0.4 is 10.0 Å². The summed E-state index contributed by atoms with van der Waals surface area (Å²) in [4.78, 5) is 23.2. The molecule has 1 aromatic rings. The Bertz CT molecular complexity index is 804. The lowest BCUT2D eigenvalue weighted by atomic mass is 10.1. The molecule has 2 N–H and O–H groups in total. The Balaban J connectivity index is 2.01. The lowest BCUT2D eigenvalue weighted by Gasteiger charge is -2.11. The highest BCUT2D eigenvalue weighted by Gasteiger charge is 2.29.